The number of hydrogen-bond acceptors (Lipinski definition) is 5. The van der Waals surface area contributed by atoms with Crippen molar-refractivity contribution in [1.82, 2.24) is 15.5 Å². The van der Waals surface area contributed by atoms with Gasteiger partial charge in [-0.25, -0.2) is 0 Å². The van der Waals surface area contributed by atoms with Crippen molar-refractivity contribution in [3.63, 3.8) is 0 Å². The summed E-state index contributed by atoms with van der Waals surface area (Å²) in [6.45, 7) is 2.14. The molecule has 0 radical (unpaired) electrons. The molecule has 0 saturated heterocycles. The summed E-state index contributed by atoms with van der Waals surface area (Å²) in [6.07, 6.45) is 5.33. The zero-order valence-corrected chi connectivity index (χ0v) is 13.6. The molecular formula is C18H21N3O3. The molecule has 2 atom stereocenters. The predicted octanol–water partition coefficient (Wildman–Crippen LogP) is 2.03. The second-order valence-electron chi connectivity index (χ2n) is 6.10. The van der Waals surface area contributed by atoms with Crippen LogP contribution in [0.1, 0.15) is 24.3 Å². The number of benzene rings is 1. The minimum Gasteiger partial charge on any atom is -0.421 e. The lowest BCUT2D eigenvalue weighted by Gasteiger charge is -2.12. The zero-order valence-electron chi connectivity index (χ0n) is 13.6. The predicted molar refractivity (Wildman–Crippen MR) is 89.1 cm³/mol. The van der Waals surface area contributed by atoms with E-state index in [4.69, 9.17) is 9.52 Å². The molecule has 0 fully saturated rings. The van der Waals surface area contributed by atoms with E-state index in [1.165, 1.54) is 5.56 Å². The highest BCUT2D eigenvalue weighted by molar-refractivity contribution is 5.76. The van der Waals surface area contributed by atoms with Gasteiger partial charge < -0.3 is 14.8 Å². The molecule has 126 valence electrons. The monoisotopic (exact) mass is 327 g/mol. The Hall–Kier alpha value is -2.47. The van der Waals surface area contributed by atoms with Crippen LogP contribution in [0.5, 0.6) is 0 Å². The van der Waals surface area contributed by atoms with Crippen LogP contribution in [-0.4, -0.2) is 33.9 Å². The van der Waals surface area contributed by atoms with Gasteiger partial charge in [0.1, 0.15) is 0 Å². The molecule has 6 nitrogen and oxygen atoms in total. The Balaban J connectivity index is 1.49. The summed E-state index contributed by atoms with van der Waals surface area (Å²) in [4.78, 5) is 12.0. The summed E-state index contributed by atoms with van der Waals surface area (Å²) in [5.41, 5.74) is 2.04. The average molecular weight is 327 g/mol. The zero-order chi connectivity index (χ0) is 16.9. The van der Waals surface area contributed by atoms with E-state index in [-0.39, 0.29) is 24.5 Å². The fourth-order valence-corrected chi connectivity index (χ4v) is 2.68. The largest absolute Gasteiger partial charge is 0.421 e. The van der Waals surface area contributed by atoms with Crippen LogP contribution < -0.4 is 5.32 Å². The number of aryl methyl sites for hydroxylation is 2. The van der Waals surface area contributed by atoms with E-state index >= 15 is 0 Å². The maximum Gasteiger partial charge on any atom is 0.247 e. The fraction of sp³-hybridized carbons (Fsp3) is 0.389. The lowest BCUT2D eigenvalue weighted by Crippen LogP contribution is -2.33. The molecule has 2 aromatic rings. The number of aliphatic hydroxyl groups excluding tert-OH is 1. The first-order valence-electron chi connectivity index (χ1n) is 8.12. The summed E-state index contributed by atoms with van der Waals surface area (Å²) in [6, 6.07) is 7.84. The van der Waals surface area contributed by atoms with Crippen molar-refractivity contribution in [3.8, 4) is 11.5 Å². The number of nitrogens with zero attached hydrogens (tertiary/aromatic N) is 2. The molecule has 2 N–H and O–H groups in total. The van der Waals surface area contributed by atoms with E-state index in [2.05, 4.69) is 15.5 Å². The van der Waals surface area contributed by atoms with Gasteiger partial charge in [-0.1, -0.05) is 29.8 Å². The van der Waals surface area contributed by atoms with E-state index in [0.717, 1.165) is 12.0 Å². The Morgan fingerprint density at radius 2 is 2.08 bits per heavy atom. The lowest BCUT2D eigenvalue weighted by atomic mass is 10.1. The second kappa shape index (κ2) is 7.40. The van der Waals surface area contributed by atoms with Crippen LogP contribution in [0.25, 0.3) is 11.5 Å². The SMILES string of the molecule is Cc1ccc(-c2nnc(CCC(=O)N[C@@H]3C=C[C@H](CO)C3)o2)cc1. The van der Waals surface area contributed by atoms with Gasteiger partial charge in [-0.05, 0) is 25.5 Å². The molecule has 1 aliphatic rings. The summed E-state index contributed by atoms with van der Waals surface area (Å²) < 4.78 is 5.62. The summed E-state index contributed by atoms with van der Waals surface area (Å²) in [5.74, 6) is 1.01. The molecule has 24 heavy (non-hydrogen) atoms. The number of carbonyl (C=O) groups is 1. The van der Waals surface area contributed by atoms with E-state index in [9.17, 15) is 4.79 Å². The Kier molecular flexibility index (Phi) is 5.05. The molecule has 0 saturated carbocycles. The highest BCUT2D eigenvalue weighted by Gasteiger charge is 2.20. The Morgan fingerprint density at radius 3 is 2.79 bits per heavy atom. The quantitative estimate of drug-likeness (QED) is 0.793. The number of hydrogen-bond donors (Lipinski definition) is 2. The smallest absolute Gasteiger partial charge is 0.247 e. The lowest BCUT2D eigenvalue weighted by molar-refractivity contribution is -0.121. The van der Waals surface area contributed by atoms with Crippen LogP contribution in [0.15, 0.2) is 40.8 Å². The number of rotatable bonds is 6. The third-order valence-corrected chi connectivity index (χ3v) is 4.08. The standard InChI is InChI=1S/C18H21N3O3/c1-12-2-5-14(6-3-12)18-21-20-17(24-18)9-8-16(23)19-15-7-4-13(10-15)11-22/h2-7,13,15,22H,8-11H2,1H3,(H,19,23)/t13-,15+/m0/s1. The van der Waals surface area contributed by atoms with E-state index in [1.807, 2.05) is 43.3 Å². The van der Waals surface area contributed by atoms with Gasteiger partial charge in [0.05, 0.1) is 0 Å². The minimum absolute atomic E-state index is 0.000421. The Labute approximate surface area is 140 Å². The molecule has 1 heterocycles. The fourth-order valence-electron chi connectivity index (χ4n) is 2.68. The molecule has 1 aromatic carbocycles. The molecule has 0 aliphatic heterocycles. The van der Waals surface area contributed by atoms with E-state index in [0.29, 0.717) is 24.6 Å². The molecule has 1 aromatic heterocycles. The van der Waals surface area contributed by atoms with Gasteiger partial charge >= 0.3 is 0 Å². The van der Waals surface area contributed by atoms with Gasteiger partial charge in [0.15, 0.2) is 0 Å². The number of aliphatic hydroxyl groups is 1. The Morgan fingerprint density at radius 1 is 1.29 bits per heavy atom. The van der Waals surface area contributed by atoms with Crippen molar-refractivity contribution < 1.29 is 14.3 Å². The minimum atomic E-state index is -0.0571. The third kappa shape index (κ3) is 4.08. The highest BCUT2D eigenvalue weighted by atomic mass is 16.4. The maximum absolute atomic E-state index is 12.0. The third-order valence-electron chi connectivity index (χ3n) is 4.08. The molecule has 3 rings (SSSR count). The first-order valence-corrected chi connectivity index (χ1v) is 8.12. The van der Waals surface area contributed by atoms with Crippen molar-refractivity contribution in [1.29, 1.82) is 0 Å². The van der Waals surface area contributed by atoms with Crippen LogP contribution in [0.4, 0.5) is 0 Å². The van der Waals surface area contributed by atoms with Crippen molar-refractivity contribution >= 4 is 5.91 Å². The first kappa shape index (κ1) is 16.4. The molecular weight excluding hydrogens is 306 g/mol. The maximum atomic E-state index is 12.0. The van der Waals surface area contributed by atoms with E-state index in [1.54, 1.807) is 0 Å². The van der Waals surface area contributed by atoms with Crippen molar-refractivity contribution in [2.45, 2.75) is 32.2 Å². The van der Waals surface area contributed by atoms with Crippen LogP contribution in [0.3, 0.4) is 0 Å². The Bertz CT molecular complexity index is 721. The van der Waals surface area contributed by atoms with Crippen LogP contribution in [-0.2, 0) is 11.2 Å². The number of carbonyl (C=O) groups excluding carboxylic acids is 1. The van der Waals surface area contributed by atoms with Gasteiger partial charge in [-0.15, -0.1) is 10.2 Å². The van der Waals surface area contributed by atoms with Gasteiger partial charge in [0.2, 0.25) is 17.7 Å². The molecule has 0 bridgehead atoms. The van der Waals surface area contributed by atoms with Crippen molar-refractivity contribution in [2.75, 3.05) is 6.61 Å². The van der Waals surface area contributed by atoms with Gasteiger partial charge in [0, 0.05) is 37.0 Å². The molecule has 0 unspecified atom stereocenters. The molecule has 1 amide bonds. The van der Waals surface area contributed by atoms with Gasteiger partial charge in [-0.2, -0.15) is 0 Å². The highest BCUT2D eigenvalue weighted by Crippen LogP contribution is 2.19. The number of aromatic nitrogens is 2. The number of amides is 1. The summed E-state index contributed by atoms with van der Waals surface area (Å²) in [7, 11) is 0. The molecule has 6 heteroatoms. The van der Waals surface area contributed by atoms with Crippen LogP contribution >= 0.6 is 0 Å². The normalized spacial score (nSPS) is 19.6. The van der Waals surface area contributed by atoms with Crippen LogP contribution in [0.2, 0.25) is 0 Å². The van der Waals surface area contributed by atoms with Gasteiger partial charge in [0.25, 0.3) is 0 Å². The molecule has 0 spiro atoms. The van der Waals surface area contributed by atoms with Crippen molar-refractivity contribution in [3.05, 3.63) is 47.9 Å². The first-order chi connectivity index (χ1) is 11.6. The van der Waals surface area contributed by atoms with Gasteiger partial charge in [-0.3, -0.25) is 4.79 Å². The summed E-state index contributed by atoms with van der Waals surface area (Å²) in [5, 5.41) is 20.1. The summed E-state index contributed by atoms with van der Waals surface area (Å²) >= 11 is 0. The van der Waals surface area contributed by atoms with E-state index < -0.39 is 0 Å². The topological polar surface area (TPSA) is 88.2 Å². The average Bonchev–Trinajstić information content (AvgIpc) is 3.23. The number of nitrogens with one attached hydrogen (secondary N) is 1. The second-order valence-corrected chi connectivity index (χ2v) is 6.10. The molecule has 1 aliphatic carbocycles. The van der Waals surface area contributed by atoms with Crippen molar-refractivity contribution in [2.24, 2.45) is 5.92 Å². The van der Waals surface area contributed by atoms with Crippen LogP contribution in [0, 0.1) is 12.8 Å².